The minimum Gasteiger partial charge on any atom is -0.481 e. The molecule has 21 heavy (non-hydrogen) atoms. The Kier molecular flexibility index (Phi) is 4.02. The molecule has 1 N–H and O–H groups in total. The molecule has 112 valence electrons. The highest BCUT2D eigenvalue weighted by atomic mass is 19.4. The maximum atomic E-state index is 12.7. The Morgan fingerprint density at radius 3 is 2.71 bits per heavy atom. The van der Waals surface area contributed by atoms with Crippen molar-refractivity contribution in [2.45, 2.75) is 25.9 Å². The molecule has 0 amide bonds. The first-order chi connectivity index (χ1) is 9.79. The van der Waals surface area contributed by atoms with E-state index in [0.29, 0.717) is 23.4 Å². The van der Waals surface area contributed by atoms with Gasteiger partial charge in [0.25, 0.3) is 0 Å². The summed E-state index contributed by atoms with van der Waals surface area (Å²) < 4.78 is 39.5. The van der Waals surface area contributed by atoms with Crippen molar-refractivity contribution in [3.63, 3.8) is 0 Å². The molecule has 2 rings (SSSR count). The van der Waals surface area contributed by atoms with Gasteiger partial charge < -0.3 is 5.11 Å². The summed E-state index contributed by atoms with van der Waals surface area (Å²) in [6.45, 7) is 1.70. The Labute approximate surface area is 118 Å². The minimum absolute atomic E-state index is 0.0465. The molecular formula is C14H13F3N2O2. The second-order valence-corrected chi connectivity index (χ2v) is 4.61. The van der Waals surface area contributed by atoms with Gasteiger partial charge in [0.15, 0.2) is 0 Å². The average molecular weight is 298 g/mol. The highest BCUT2D eigenvalue weighted by Crippen LogP contribution is 2.30. The molecule has 0 saturated carbocycles. The van der Waals surface area contributed by atoms with Crippen LogP contribution < -0.4 is 0 Å². The Morgan fingerprint density at radius 1 is 1.38 bits per heavy atom. The molecular weight excluding hydrogens is 285 g/mol. The summed E-state index contributed by atoms with van der Waals surface area (Å²) in [5, 5.41) is 12.7. The maximum Gasteiger partial charge on any atom is 0.416 e. The van der Waals surface area contributed by atoms with Gasteiger partial charge in [-0.2, -0.15) is 18.3 Å². The fraction of sp³-hybridized carbons (Fsp3) is 0.286. The van der Waals surface area contributed by atoms with E-state index in [0.717, 1.165) is 12.1 Å². The van der Waals surface area contributed by atoms with Crippen molar-refractivity contribution >= 4 is 5.97 Å². The number of nitrogens with zero attached hydrogens (tertiary/aromatic N) is 2. The number of alkyl halides is 3. The third-order valence-electron chi connectivity index (χ3n) is 3.14. The summed E-state index contributed by atoms with van der Waals surface area (Å²) in [7, 11) is 0. The van der Waals surface area contributed by atoms with Crippen LogP contribution in [-0.2, 0) is 17.4 Å². The van der Waals surface area contributed by atoms with Crippen molar-refractivity contribution in [1.29, 1.82) is 0 Å². The number of halogens is 3. The first-order valence-electron chi connectivity index (χ1n) is 6.22. The number of aryl methyl sites for hydroxylation is 1. The SMILES string of the molecule is Cc1c(CCC(=O)O)cnn1-c1cccc(C(F)(F)F)c1. The molecule has 0 spiro atoms. The topological polar surface area (TPSA) is 55.1 Å². The van der Waals surface area contributed by atoms with Crippen molar-refractivity contribution in [3.8, 4) is 5.69 Å². The summed E-state index contributed by atoms with van der Waals surface area (Å²) in [6.07, 6.45) is -2.68. The molecule has 0 aliphatic carbocycles. The zero-order valence-corrected chi connectivity index (χ0v) is 11.2. The van der Waals surface area contributed by atoms with Crippen molar-refractivity contribution in [2.24, 2.45) is 0 Å². The lowest BCUT2D eigenvalue weighted by Crippen LogP contribution is -2.07. The molecule has 1 aromatic carbocycles. The Hall–Kier alpha value is -2.31. The fourth-order valence-electron chi connectivity index (χ4n) is 2.00. The smallest absolute Gasteiger partial charge is 0.416 e. The summed E-state index contributed by atoms with van der Waals surface area (Å²) in [4.78, 5) is 10.6. The number of carbonyl (C=O) groups is 1. The van der Waals surface area contributed by atoms with Crippen molar-refractivity contribution < 1.29 is 23.1 Å². The van der Waals surface area contributed by atoms with Crippen molar-refractivity contribution in [2.75, 3.05) is 0 Å². The highest BCUT2D eigenvalue weighted by molar-refractivity contribution is 5.67. The van der Waals surface area contributed by atoms with Gasteiger partial charge in [-0.1, -0.05) is 6.07 Å². The van der Waals surface area contributed by atoms with Gasteiger partial charge in [0.05, 0.1) is 17.4 Å². The third-order valence-corrected chi connectivity index (χ3v) is 3.14. The molecule has 0 fully saturated rings. The lowest BCUT2D eigenvalue weighted by molar-refractivity contribution is -0.138. The summed E-state index contributed by atoms with van der Waals surface area (Å²) in [5.74, 6) is -0.929. The van der Waals surface area contributed by atoms with Gasteiger partial charge in [-0.15, -0.1) is 0 Å². The molecule has 4 nitrogen and oxygen atoms in total. The Balaban J connectivity index is 2.33. The largest absolute Gasteiger partial charge is 0.481 e. The quantitative estimate of drug-likeness (QED) is 0.943. The summed E-state index contributed by atoms with van der Waals surface area (Å²) >= 11 is 0. The Morgan fingerprint density at radius 2 is 2.10 bits per heavy atom. The number of aliphatic carboxylic acids is 1. The van der Waals surface area contributed by atoms with Gasteiger partial charge in [0.1, 0.15) is 0 Å². The molecule has 0 aliphatic rings. The zero-order valence-electron chi connectivity index (χ0n) is 11.2. The number of benzene rings is 1. The van der Waals surface area contributed by atoms with E-state index in [1.165, 1.54) is 23.0 Å². The highest BCUT2D eigenvalue weighted by Gasteiger charge is 2.30. The normalized spacial score (nSPS) is 11.6. The van der Waals surface area contributed by atoms with Crippen LogP contribution in [0.15, 0.2) is 30.5 Å². The van der Waals surface area contributed by atoms with E-state index in [2.05, 4.69) is 5.10 Å². The molecule has 0 bridgehead atoms. The van der Waals surface area contributed by atoms with E-state index in [1.54, 1.807) is 6.92 Å². The van der Waals surface area contributed by atoms with Crippen LogP contribution >= 0.6 is 0 Å². The van der Waals surface area contributed by atoms with Crippen LogP contribution in [-0.4, -0.2) is 20.9 Å². The average Bonchev–Trinajstić information content (AvgIpc) is 2.77. The third kappa shape index (κ3) is 3.42. The van der Waals surface area contributed by atoms with Gasteiger partial charge in [0, 0.05) is 12.1 Å². The number of rotatable bonds is 4. The van der Waals surface area contributed by atoms with Crippen LogP contribution in [0.1, 0.15) is 23.2 Å². The number of hydrogen-bond acceptors (Lipinski definition) is 2. The van der Waals surface area contributed by atoms with E-state index in [4.69, 9.17) is 5.11 Å². The molecule has 7 heteroatoms. The molecule has 0 aliphatic heterocycles. The molecule has 1 heterocycles. The standard InChI is InChI=1S/C14H13F3N2O2/c1-9-10(5-6-13(20)21)8-18-19(9)12-4-2-3-11(7-12)14(15,16)17/h2-4,7-8H,5-6H2,1H3,(H,20,21). The lowest BCUT2D eigenvalue weighted by Gasteiger charge is -2.10. The Bertz CT molecular complexity index is 662. The predicted octanol–water partition coefficient (Wildman–Crippen LogP) is 3.22. The summed E-state index contributed by atoms with van der Waals surface area (Å²) in [6, 6.07) is 4.85. The predicted molar refractivity (Wildman–Crippen MR) is 69.3 cm³/mol. The van der Waals surface area contributed by atoms with Crippen LogP contribution in [0.4, 0.5) is 13.2 Å². The van der Waals surface area contributed by atoms with Crippen LogP contribution in [0, 0.1) is 6.92 Å². The first-order valence-corrected chi connectivity index (χ1v) is 6.22. The second-order valence-electron chi connectivity index (χ2n) is 4.61. The molecule has 0 atom stereocenters. The zero-order chi connectivity index (χ0) is 15.6. The molecule has 0 unspecified atom stereocenters. The maximum absolute atomic E-state index is 12.7. The number of aromatic nitrogens is 2. The molecule has 2 aromatic rings. The van der Waals surface area contributed by atoms with Gasteiger partial charge in [-0.3, -0.25) is 4.79 Å². The minimum atomic E-state index is -4.41. The fourth-order valence-corrected chi connectivity index (χ4v) is 2.00. The van der Waals surface area contributed by atoms with Crippen molar-refractivity contribution in [3.05, 3.63) is 47.3 Å². The van der Waals surface area contributed by atoms with Crippen molar-refractivity contribution in [1.82, 2.24) is 9.78 Å². The number of carboxylic acids is 1. The van der Waals surface area contributed by atoms with Gasteiger partial charge in [-0.05, 0) is 37.1 Å². The molecule has 1 aromatic heterocycles. The van der Waals surface area contributed by atoms with E-state index < -0.39 is 17.7 Å². The summed E-state index contributed by atoms with van der Waals surface area (Å²) in [5.41, 5.74) is 0.885. The van der Waals surface area contributed by atoms with Gasteiger partial charge in [-0.25, -0.2) is 4.68 Å². The van der Waals surface area contributed by atoms with Crippen LogP contribution in [0.25, 0.3) is 5.69 Å². The monoisotopic (exact) mass is 298 g/mol. The van der Waals surface area contributed by atoms with E-state index >= 15 is 0 Å². The van der Waals surface area contributed by atoms with Crippen LogP contribution in [0.2, 0.25) is 0 Å². The van der Waals surface area contributed by atoms with Gasteiger partial charge in [0.2, 0.25) is 0 Å². The van der Waals surface area contributed by atoms with Crippen LogP contribution in [0.5, 0.6) is 0 Å². The second kappa shape index (κ2) is 5.59. The molecule has 0 radical (unpaired) electrons. The first kappa shape index (κ1) is 15.1. The number of hydrogen-bond donors (Lipinski definition) is 1. The van der Waals surface area contributed by atoms with Gasteiger partial charge >= 0.3 is 12.1 Å². The molecule has 0 saturated heterocycles. The van der Waals surface area contributed by atoms with Crippen LogP contribution in [0.3, 0.4) is 0 Å². The van der Waals surface area contributed by atoms with E-state index in [1.807, 2.05) is 0 Å². The van der Waals surface area contributed by atoms with E-state index in [9.17, 15) is 18.0 Å². The number of carboxylic acid groups (broad SMARTS) is 1. The lowest BCUT2D eigenvalue weighted by atomic mass is 10.1. The van der Waals surface area contributed by atoms with E-state index in [-0.39, 0.29) is 6.42 Å².